The van der Waals surface area contributed by atoms with E-state index >= 15 is 0 Å². The number of hydrogen-bond donors (Lipinski definition) is 1. The third kappa shape index (κ3) is 5.13. The van der Waals surface area contributed by atoms with Gasteiger partial charge in [-0.1, -0.05) is 36.3 Å². The number of carbonyl (C=O) groups excluding carboxylic acids is 1. The Morgan fingerprint density at radius 2 is 2.00 bits per heavy atom. The summed E-state index contributed by atoms with van der Waals surface area (Å²) in [6, 6.07) is 10.0. The Kier molecular flexibility index (Phi) is 6.76. The number of sulfone groups is 1. The maximum atomic E-state index is 12.7. The molecular weight excluding hydrogens is 376 g/mol. The van der Waals surface area contributed by atoms with Gasteiger partial charge in [-0.3, -0.25) is 9.69 Å². The molecule has 2 aliphatic rings. The molecule has 2 saturated heterocycles. The fourth-order valence-corrected chi connectivity index (χ4v) is 5.89. The lowest BCUT2D eigenvalue weighted by atomic mass is 9.74. The van der Waals surface area contributed by atoms with Crippen LogP contribution in [0.5, 0.6) is 0 Å². The smallest absolute Gasteiger partial charge is 0.234 e. The quantitative estimate of drug-likeness (QED) is 0.686. The van der Waals surface area contributed by atoms with Gasteiger partial charge in [-0.15, -0.1) is 6.42 Å². The Morgan fingerprint density at radius 1 is 1.29 bits per heavy atom. The lowest BCUT2D eigenvalue weighted by Crippen LogP contribution is -2.48. The van der Waals surface area contributed by atoms with Gasteiger partial charge in [0.05, 0.1) is 24.6 Å². The van der Waals surface area contributed by atoms with Crippen LogP contribution in [-0.2, 0) is 24.8 Å². The minimum Gasteiger partial charge on any atom is -0.381 e. The molecule has 1 atom stereocenters. The van der Waals surface area contributed by atoms with Gasteiger partial charge in [0.15, 0.2) is 9.84 Å². The summed E-state index contributed by atoms with van der Waals surface area (Å²) >= 11 is 0. The number of nitrogens with zero attached hydrogens (tertiary/aromatic N) is 1. The Hall–Kier alpha value is -1.88. The number of carbonyl (C=O) groups is 1. The van der Waals surface area contributed by atoms with Crippen molar-refractivity contribution >= 4 is 15.7 Å². The molecule has 1 aromatic carbocycles. The molecule has 0 aliphatic carbocycles. The number of hydrogen-bond acceptors (Lipinski definition) is 5. The molecular formula is C21H28N2O4S. The summed E-state index contributed by atoms with van der Waals surface area (Å²) in [5.41, 5.74) is 1.07. The molecule has 0 radical (unpaired) electrons. The highest BCUT2D eigenvalue weighted by Gasteiger charge is 2.36. The van der Waals surface area contributed by atoms with Crippen LogP contribution in [0.1, 0.15) is 24.8 Å². The molecule has 0 saturated carbocycles. The lowest BCUT2D eigenvalue weighted by Gasteiger charge is -2.38. The summed E-state index contributed by atoms with van der Waals surface area (Å²) in [4.78, 5) is 14.5. The molecule has 152 valence electrons. The van der Waals surface area contributed by atoms with Crippen LogP contribution in [0.3, 0.4) is 0 Å². The number of rotatable bonds is 7. The minimum absolute atomic E-state index is 0.0766. The second kappa shape index (κ2) is 9.08. The van der Waals surface area contributed by atoms with E-state index in [4.69, 9.17) is 11.2 Å². The van der Waals surface area contributed by atoms with Gasteiger partial charge in [0.25, 0.3) is 0 Å². The number of ether oxygens (including phenoxy) is 1. The number of benzene rings is 1. The SMILES string of the molecule is C#CCN(CC(=O)NCC1(c2ccccc2)CCOCC1)C1CCS(=O)(=O)C1. The molecule has 2 aliphatic heterocycles. The first kappa shape index (κ1) is 20.8. The van der Waals surface area contributed by atoms with Gasteiger partial charge in [-0.2, -0.15) is 0 Å². The third-order valence-electron chi connectivity index (χ3n) is 5.83. The van der Waals surface area contributed by atoms with Crippen LogP contribution in [0.15, 0.2) is 30.3 Å². The van der Waals surface area contributed by atoms with E-state index in [0.717, 1.165) is 12.8 Å². The lowest BCUT2D eigenvalue weighted by molar-refractivity contribution is -0.123. The highest BCUT2D eigenvalue weighted by atomic mass is 32.2. The van der Waals surface area contributed by atoms with Gasteiger partial charge >= 0.3 is 0 Å². The molecule has 0 spiro atoms. The van der Waals surface area contributed by atoms with Gasteiger partial charge in [0.1, 0.15) is 0 Å². The molecule has 2 heterocycles. The molecule has 6 nitrogen and oxygen atoms in total. The van der Waals surface area contributed by atoms with Crippen molar-refractivity contribution in [2.75, 3.05) is 44.4 Å². The van der Waals surface area contributed by atoms with Gasteiger partial charge in [0.2, 0.25) is 5.91 Å². The molecule has 0 bridgehead atoms. The first-order valence-electron chi connectivity index (χ1n) is 9.72. The average molecular weight is 405 g/mol. The van der Waals surface area contributed by atoms with Crippen LogP contribution < -0.4 is 5.32 Å². The van der Waals surface area contributed by atoms with E-state index in [1.54, 1.807) is 4.90 Å². The zero-order valence-electron chi connectivity index (χ0n) is 16.1. The van der Waals surface area contributed by atoms with Crippen LogP contribution in [0.25, 0.3) is 0 Å². The van der Waals surface area contributed by atoms with Crippen LogP contribution >= 0.6 is 0 Å². The molecule has 7 heteroatoms. The van der Waals surface area contributed by atoms with E-state index in [1.165, 1.54) is 5.56 Å². The first-order valence-corrected chi connectivity index (χ1v) is 11.5. The Morgan fingerprint density at radius 3 is 2.61 bits per heavy atom. The second-order valence-electron chi connectivity index (χ2n) is 7.70. The molecule has 0 aromatic heterocycles. The minimum atomic E-state index is -3.03. The van der Waals surface area contributed by atoms with Crippen LogP contribution in [-0.4, -0.2) is 69.6 Å². The Bertz CT molecular complexity index is 811. The summed E-state index contributed by atoms with van der Waals surface area (Å²) in [5.74, 6) is 2.67. The van der Waals surface area contributed by atoms with E-state index in [2.05, 4.69) is 23.4 Å². The highest BCUT2D eigenvalue weighted by molar-refractivity contribution is 7.91. The zero-order chi connectivity index (χ0) is 20.0. The average Bonchev–Trinajstić information content (AvgIpc) is 3.07. The van der Waals surface area contributed by atoms with Crippen molar-refractivity contribution in [1.82, 2.24) is 10.2 Å². The van der Waals surface area contributed by atoms with Crippen molar-refractivity contribution in [2.45, 2.75) is 30.7 Å². The second-order valence-corrected chi connectivity index (χ2v) is 9.93. The molecule has 1 unspecified atom stereocenters. The Labute approximate surface area is 167 Å². The van der Waals surface area contributed by atoms with Gasteiger partial charge < -0.3 is 10.1 Å². The number of terminal acetylenes is 1. The summed E-state index contributed by atoms with van der Waals surface area (Å²) in [6.07, 6.45) is 7.68. The molecule has 2 fully saturated rings. The summed E-state index contributed by atoms with van der Waals surface area (Å²) < 4.78 is 29.1. The van der Waals surface area contributed by atoms with E-state index in [9.17, 15) is 13.2 Å². The van der Waals surface area contributed by atoms with E-state index in [1.807, 2.05) is 18.2 Å². The fourth-order valence-electron chi connectivity index (χ4n) is 4.12. The first-order chi connectivity index (χ1) is 13.4. The van der Waals surface area contributed by atoms with Gasteiger partial charge in [0, 0.05) is 31.2 Å². The van der Waals surface area contributed by atoms with Crippen molar-refractivity contribution < 1.29 is 17.9 Å². The van der Waals surface area contributed by atoms with Crippen molar-refractivity contribution in [3.8, 4) is 12.3 Å². The molecule has 1 amide bonds. The highest BCUT2D eigenvalue weighted by Crippen LogP contribution is 2.34. The topological polar surface area (TPSA) is 75.7 Å². The van der Waals surface area contributed by atoms with Crippen molar-refractivity contribution in [3.05, 3.63) is 35.9 Å². The summed E-state index contributed by atoms with van der Waals surface area (Å²) in [5, 5.41) is 3.07. The predicted molar refractivity (Wildman–Crippen MR) is 109 cm³/mol. The van der Waals surface area contributed by atoms with E-state index in [-0.39, 0.29) is 42.0 Å². The van der Waals surface area contributed by atoms with Gasteiger partial charge in [-0.25, -0.2) is 8.42 Å². The predicted octanol–water partition coefficient (Wildman–Crippen LogP) is 0.973. The van der Waals surface area contributed by atoms with Crippen molar-refractivity contribution in [2.24, 2.45) is 0 Å². The van der Waals surface area contributed by atoms with Crippen molar-refractivity contribution in [1.29, 1.82) is 0 Å². The monoisotopic (exact) mass is 404 g/mol. The molecule has 3 rings (SSSR count). The maximum Gasteiger partial charge on any atom is 0.234 e. The number of amides is 1. The largest absolute Gasteiger partial charge is 0.381 e. The maximum absolute atomic E-state index is 12.7. The molecule has 1 N–H and O–H groups in total. The molecule has 1 aromatic rings. The molecule has 28 heavy (non-hydrogen) atoms. The van der Waals surface area contributed by atoms with E-state index in [0.29, 0.717) is 26.2 Å². The van der Waals surface area contributed by atoms with Crippen LogP contribution in [0.4, 0.5) is 0 Å². The number of nitrogens with one attached hydrogen (secondary N) is 1. The van der Waals surface area contributed by atoms with Crippen LogP contribution in [0.2, 0.25) is 0 Å². The summed E-state index contributed by atoms with van der Waals surface area (Å²) in [7, 11) is -3.03. The normalized spacial score (nSPS) is 23.2. The van der Waals surface area contributed by atoms with E-state index < -0.39 is 9.84 Å². The summed E-state index contributed by atoms with van der Waals surface area (Å²) in [6.45, 7) is 2.27. The zero-order valence-corrected chi connectivity index (χ0v) is 16.9. The standard InChI is InChI=1S/C21H28N2O4S/c1-2-11-23(19-8-14-28(25,26)16-19)15-20(24)22-17-21(9-12-27-13-10-21)18-6-4-3-5-7-18/h1,3-7,19H,8-17H2,(H,22,24). The van der Waals surface area contributed by atoms with Gasteiger partial charge in [-0.05, 0) is 24.8 Å². The Balaban J connectivity index is 1.63. The fraction of sp³-hybridized carbons (Fsp3) is 0.571. The third-order valence-corrected chi connectivity index (χ3v) is 7.58. The van der Waals surface area contributed by atoms with Crippen molar-refractivity contribution in [3.63, 3.8) is 0 Å². The van der Waals surface area contributed by atoms with Crippen LogP contribution in [0, 0.1) is 12.3 Å².